The highest BCUT2D eigenvalue weighted by atomic mass is 16.2. The van der Waals surface area contributed by atoms with E-state index in [1.54, 1.807) is 7.05 Å². The third-order valence-electron chi connectivity index (χ3n) is 3.74. The molecule has 1 amide bonds. The van der Waals surface area contributed by atoms with E-state index in [0.29, 0.717) is 6.04 Å². The molecule has 1 aromatic rings. The van der Waals surface area contributed by atoms with Gasteiger partial charge < -0.3 is 15.5 Å². The van der Waals surface area contributed by atoms with Gasteiger partial charge in [-0.05, 0) is 31.9 Å². The van der Waals surface area contributed by atoms with Crippen LogP contribution in [0, 0.1) is 0 Å². The SMILES string of the molecule is CNC(=O)C(C)NC1CCN(c2ccccc2)CC1. The molecule has 4 heteroatoms. The summed E-state index contributed by atoms with van der Waals surface area (Å²) in [5.41, 5.74) is 1.29. The zero-order chi connectivity index (χ0) is 13.7. The quantitative estimate of drug-likeness (QED) is 0.860. The summed E-state index contributed by atoms with van der Waals surface area (Å²) in [6.45, 7) is 4.01. The van der Waals surface area contributed by atoms with Crippen molar-refractivity contribution in [2.45, 2.75) is 31.8 Å². The largest absolute Gasteiger partial charge is 0.371 e. The third-order valence-corrected chi connectivity index (χ3v) is 3.74. The summed E-state index contributed by atoms with van der Waals surface area (Å²) < 4.78 is 0. The van der Waals surface area contributed by atoms with Gasteiger partial charge in [0.05, 0.1) is 6.04 Å². The molecule has 4 nitrogen and oxygen atoms in total. The highest BCUT2D eigenvalue weighted by molar-refractivity contribution is 5.80. The molecule has 0 spiro atoms. The van der Waals surface area contributed by atoms with Crippen molar-refractivity contribution in [2.75, 3.05) is 25.0 Å². The normalized spacial score (nSPS) is 18.1. The van der Waals surface area contributed by atoms with E-state index < -0.39 is 0 Å². The zero-order valence-electron chi connectivity index (χ0n) is 11.7. The second kappa shape index (κ2) is 6.57. The van der Waals surface area contributed by atoms with Gasteiger partial charge in [0.2, 0.25) is 5.91 Å². The van der Waals surface area contributed by atoms with Crippen molar-refractivity contribution in [3.63, 3.8) is 0 Å². The molecule has 104 valence electrons. The van der Waals surface area contributed by atoms with Crippen molar-refractivity contribution in [2.24, 2.45) is 0 Å². The maximum atomic E-state index is 11.5. The zero-order valence-corrected chi connectivity index (χ0v) is 11.7. The first kappa shape index (κ1) is 13.9. The summed E-state index contributed by atoms with van der Waals surface area (Å²) >= 11 is 0. The molecule has 1 unspecified atom stereocenters. The van der Waals surface area contributed by atoms with Crippen LogP contribution in [0.25, 0.3) is 0 Å². The van der Waals surface area contributed by atoms with Crippen LogP contribution in [0.1, 0.15) is 19.8 Å². The Morgan fingerprint density at radius 1 is 1.26 bits per heavy atom. The van der Waals surface area contributed by atoms with Gasteiger partial charge in [-0.2, -0.15) is 0 Å². The van der Waals surface area contributed by atoms with Crippen molar-refractivity contribution in [3.05, 3.63) is 30.3 Å². The van der Waals surface area contributed by atoms with Gasteiger partial charge in [0.15, 0.2) is 0 Å². The summed E-state index contributed by atoms with van der Waals surface area (Å²) in [6, 6.07) is 10.8. The van der Waals surface area contributed by atoms with Crippen LogP contribution in [-0.2, 0) is 4.79 Å². The lowest BCUT2D eigenvalue weighted by Gasteiger charge is -2.35. The minimum atomic E-state index is -0.113. The number of piperidine rings is 1. The Hall–Kier alpha value is -1.55. The third kappa shape index (κ3) is 3.70. The molecule has 0 bridgehead atoms. The molecule has 2 N–H and O–H groups in total. The Kier molecular flexibility index (Phi) is 4.80. The van der Waals surface area contributed by atoms with Crippen molar-refractivity contribution >= 4 is 11.6 Å². The Morgan fingerprint density at radius 2 is 1.89 bits per heavy atom. The monoisotopic (exact) mass is 261 g/mol. The molecule has 0 aromatic heterocycles. The van der Waals surface area contributed by atoms with Crippen LogP contribution in [0.3, 0.4) is 0 Å². The Bertz CT molecular complexity index is 399. The number of nitrogens with zero attached hydrogens (tertiary/aromatic N) is 1. The van der Waals surface area contributed by atoms with E-state index in [0.717, 1.165) is 25.9 Å². The van der Waals surface area contributed by atoms with Gasteiger partial charge in [0.25, 0.3) is 0 Å². The van der Waals surface area contributed by atoms with E-state index in [9.17, 15) is 4.79 Å². The molecule has 1 fully saturated rings. The Balaban J connectivity index is 1.81. The maximum absolute atomic E-state index is 11.5. The Labute approximate surface area is 115 Å². The number of carbonyl (C=O) groups is 1. The van der Waals surface area contributed by atoms with Crippen LogP contribution in [0.15, 0.2) is 30.3 Å². The number of para-hydroxylation sites is 1. The highest BCUT2D eigenvalue weighted by Gasteiger charge is 2.22. The molecule has 0 aliphatic carbocycles. The number of hydrogen-bond donors (Lipinski definition) is 2. The van der Waals surface area contributed by atoms with E-state index in [2.05, 4.69) is 39.8 Å². The van der Waals surface area contributed by atoms with E-state index in [1.165, 1.54) is 5.69 Å². The summed E-state index contributed by atoms with van der Waals surface area (Å²) in [5, 5.41) is 6.08. The fraction of sp³-hybridized carbons (Fsp3) is 0.533. The summed E-state index contributed by atoms with van der Waals surface area (Å²) in [6.07, 6.45) is 2.16. The fourth-order valence-electron chi connectivity index (χ4n) is 2.59. The second-order valence-electron chi connectivity index (χ2n) is 5.10. The van der Waals surface area contributed by atoms with E-state index >= 15 is 0 Å². The van der Waals surface area contributed by atoms with E-state index in [4.69, 9.17) is 0 Å². The molecule has 1 heterocycles. The van der Waals surface area contributed by atoms with Crippen LogP contribution < -0.4 is 15.5 Å². The lowest BCUT2D eigenvalue weighted by atomic mass is 10.0. The summed E-state index contributed by atoms with van der Waals surface area (Å²) in [4.78, 5) is 13.9. The molecule has 2 rings (SSSR count). The number of hydrogen-bond acceptors (Lipinski definition) is 3. The average Bonchev–Trinajstić information content (AvgIpc) is 2.48. The second-order valence-corrected chi connectivity index (χ2v) is 5.10. The van der Waals surface area contributed by atoms with Gasteiger partial charge in [-0.25, -0.2) is 0 Å². The highest BCUT2D eigenvalue weighted by Crippen LogP contribution is 2.19. The fourth-order valence-corrected chi connectivity index (χ4v) is 2.59. The van der Waals surface area contributed by atoms with Crippen molar-refractivity contribution in [1.82, 2.24) is 10.6 Å². The van der Waals surface area contributed by atoms with Crippen LogP contribution in [0.4, 0.5) is 5.69 Å². The maximum Gasteiger partial charge on any atom is 0.236 e. The van der Waals surface area contributed by atoms with Gasteiger partial charge in [-0.1, -0.05) is 18.2 Å². The van der Waals surface area contributed by atoms with E-state index in [-0.39, 0.29) is 11.9 Å². The first-order valence-electron chi connectivity index (χ1n) is 6.98. The standard InChI is InChI=1S/C15H23N3O/c1-12(15(19)16-2)17-13-8-10-18(11-9-13)14-6-4-3-5-7-14/h3-7,12-13,17H,8-11H2,1-2H3,(H,16,19). The molecule has 1 atom stereocenters. The lowest BCUT2D eigenvalue weighted by Crippen LogP contribution is -2.50. The minimum absolute atomic E-state index is 0.0606. The van der Waals surface area contributed by atoms with Crippen LogP contribution in [0.2, 0.25) is 0 Å². The van der Waals surface area contributed by atoms with Crippen LogP contribution >= 0.6 is 0 Å². The predicted molar refractivity (Wildman–Crippen MR) is 78.3 cm³/mol. The number of amides is 1. The van der Waals surface area contributed by atoms with E-state index in [1.807, 2.05) is 13.0 Å². The van der Waals surface area contributed by atoms with Gasteiger partial charge >= 0.3 is 0 Å². The van der Waals surface area contributed by atoms with Crippen LogP contribution in [0.5, 0.6) is 0 Å². The Morgan fingerprint density at radius 3 is 2.47 bits per heavy atom. The number of anilines is 1. The summed E-state index contributed by atoms with van der Waals surface area (Å²) in [7, 11) is 1.68. The smallest absolute Gasteiger partial charge is 0.236 e. The molecule has 1 aliphatic rings. The molecule has 1 saturated heterocycles. The first-order valence-corrected chi connectivity index (χ1v) is 6.98. The molecule has 1 aliphatic heterocycles. The molecule has 0 radical (unpaired) electrons. The average molecular weight is 261 g/mol. The number of likely N-dealkylation sites (N-methyl/N-ethyl adjacent to an activating group) is 1. The molecular formula is C15H23N3O. The number of rotatable bonds is 4. The first-order chi connectivity index (χ1) is 9.20. The molecule has 19 heavy (non-hydrogen) atoms. The van der Waals surface area contributed by atoms with Gasteiger partial charge in [0.1, 0.15) is 0 Å². The number of carbonyl (C=O) groups excluding carboxylic acids is 1. The minimum Gasteiger partial charge on any atom is -0.371 e. The summed E-state index contributed by atoms with van der Waals surface area (Å²) in [5.74, 6) is 0.0606. The molecule has 1 aromatic carbocycles. The van der Waals surface area contributed by atoms with Crippen molar-refractivity contribution < 1.29 is 4.79 Å². The number of benzene rings is 1. The predicted octanol–water partition coefficient (Wildman–Crippen LogP) is 1.38. The number of nitrogens with one attached hydrogen (secondary N) is 2. The van der Waals surface area contributed by atoms with Gasteiger partial charge in [-0.3, -0.25) is 4.79 Å². The van der Waals surface area contributed by atoms with Gasteiger partial charge in [-0.15, -0.1) is 0 Å². The van der Waals surface area contributed by atoms with Gasteiger partial charge in [0, 0.05) is 31.9 Å². The van der Waals surface area contributed by atoms with Crippen molar-refractivity contribution in [1.29, 1.82) is 0 Å². The van der Waals surface area contributed by atoms with Crippen molar-refractivity contribution in [3.8, 4) is 0 Å². The topological polar surface area (TPSA) is 44.4 Å². The molecule has 0 saturated carbocycles. The lowest BCUT2D eigenvalue weighted by molar-refractivity contribution is -0.122. The molecular weight excluding hydrogens is 238 g/mol. The van der Waals surface area contributed by atoms with Crippen LogP contribution in [-0.4, -0.2) is 38.1 Å².